The molecular formula is C22H23Cl2N7O3S. The van der Waals surface area contributed by atoms with Gasteiger partial charge in [0, 0.05) is 13.1 Å². The summed E-state index contributed by atoms with van der Waals surface area (Å²) in [6.45, 7) is 2.75. The van der Waals surface area contributed by atoms with E-state index >= 15 is 0 Å². The lowest BCUT2D eigenvalue weighted by molar-refractivity contribution is 0.132. The second-order valence-electron chi connectivity index (χ2n) is 8.48. The summed E-state index contributed by atoms with van der Waals surface area (Å²) < 4.78 is 31.5. The standard InChI is InChI=1S/C22H23Cl2N7O3S/c1-12(27-20-18-19(26-11-25-18)29-22(24)30-20)16-10-13-4-3-5-15(23)17(13)21(28-16)34-14-6-8-31(9-7-14)35(2,32)33/h3-5,10-12,14H,6-9H2,1-2H3,(H2,25,26,27,29,30)/t12-/m0/s1. The number of anilines is 1. The third-order valence-electron chi connectivity index (χ3n) is 5.99. The van der Waals surface area contributed by atoms with E-state index in [0.29, 0.717) is 59.5 Å². The Morgan fingerprint density at radius 2 is 1.97 bits per heavy atom. The van der Waals surface area contributed by atoms with Crippen molar-refractivity contribution in [3.63, 3.8) is 0 Å². The van der Waals surface area contributed by atoms with Crippen LogP contribution in [-0.4, -0.2) is 63.1 Å². The van der Waals surface area contributed by atoms with Gasteiger partial charge >= 0.3 is 0 Å². The van der Waals surface area contributed by atoms with Gasteiger partial charge in [-0.2, -0.15) is 9.97 Å². The number of sulfonamides is 1. The molecule has 2 N–H and O–H groups in total. The highest BCUT2D eigenvalue weighted by Crippen LogP contribution is 2.35. The molecule has 1 saturated heterocycles. The summed E-state index contributed by atoms with van der Waals surface area (Å²) in [6, 6.07) is 7.29. The van der Waals surface area contributed by atoms with Crippen LogP contribution in [0.5, 0.6) is 5.88 Å². The average molecular weight is 536 g/mol. The maximum Gasteiger partial charge on any atom is 0.226 e. The van der Waals surface area contributed by atoms with Crippen LogP contribution in [0.1, 0.15) is 31.5 Å². The Balaban J connectivity index is 1.45. The predicted molar refractivity (Wildman–Crippen MR) is 136 cm³/mol. The number of aromatic amines is 1. The first-order chi connectivity index (χ1) is 16.7. The number of nitrogens with one attached hydrogen (secondary N) is 2. The molecule has 5 rings (SSSR count). The number of piperidine rings is 1. The Morgan fingerprint density at radius 1 is 1.20 bits per heavy atom. The highest BCUT2D eigenvalue weighted by molar-refractivity contribution is 7.88. The van der Waals surface area contributed by atoms with Crippen molar-refractivity contribution in [2.24, 2.45) is 0 Å². The van der Waals surface area contributed by atoms with Gasteiger partial charge in [0.2, 0.25) is 21.2 Å². The zero-order valence-electron chi connectivity index (χ0n) is 19.0. The van der Waals surface area contributed by atoms with Gasteiger partial charge in [0.05, 0.1) is 34.7 Å². The molecule has 4 aromatic rings. The second kappa shape index (κ2) is 9.38. The van der Waals surface area contributed by atoms with Gasteiger partial charge in [-0.25, -0.2) is 22.7 Å². The van der Waals surface area contributed by atoms with Crippen LogP contribution in [0.25, 0.3) is 21.9 Å². The fourth-order valence-electron chi connectivity index (χ4n) is 4.19. The van der Waals surface area contributed by atoms with Crippen LogP contribution >= 0.6 is 23.2 Å². The van der Waals surface area contributed by atoms with E-state index in [-0.39, 0.29) is 17.4 Å². The van der Waals surface area contributed by atoms with Crippen LogP contribution in [0.3, 0.4) is 0 Å². The Morgan fingerprint density at radius 3 is 2.71 bits per heavy atom. The first kappa shape index (κ1) is 24.0. The van der Waals surface area contributed by atoms with E-state index in [2.05, 4.69) is 25.3 Å². The van der Waals surface area contributed by atoms with Crippen molar-refractivity contribution in [2.45, 2.75) is 31.9 Å². The molecule has 1 atom stereocenters. The van der Waals surface area contributed by atoms with E-state index in [9.17, 15) is 8.42 Å². The maximum atomic E-state index is 11.9. The van der Waals surface area contributed by atoms with Gasteiger partial charge in [0.1, 0.15) is 11.6 Å². The number of benzene rings is 1. The van der Waals surface area contributed by atoms with E-state index in [1.54, 1.807) is 6.07 Å². The highest BCUT2D eigenvalue weighted by Gasteiger charge is 2.27. The van der Waals surface area contributed by atoms with Crippen LogP contribution < -0.4 is 10.1 Å². The topological polar surface area (TPSA) is 126 Å². The first-order valence-corrected chi connectivity index (χ1v) is 13.6. The van der Waals surface area contributed by atoms with Gasteiger partial charge in [0.25, 0.3) is 0 Å². The third kappa shape index (κ3) is 4.99. The first-order valence-electron chi connectivity index (χ1n) is 11.0. The molecule has 184 valence electrons. The van der Waals surface area contributed by atoms with E-state index in [1.807, 2.05) is 25.1 Å². The lowest BCUT2D eigenvalue weighted by atomic mass is 10.1. The summed E-state index contributed by atoms with van der Waals surface area (Å²) in [6.07, 6.45) is 3.71. The smallest absolute Gasteiger partial charge is 0.226 e. The zero-order chi connectivity index (χ0) is 24.7. The number of pyridine rings is 1. The SMILES string of the molecule is C[C@H](Nc1nc(Cl)nc2[nH]cnc12)c1cc2cccc(Cl)c2c(OC2CCN(S(C)(=O)=O)CC2)n1. The van der Waals surface area contributed by atoms with Crippen LogP contribution in [0.15, 0.2) is 30.6 Å². The van der Waals surface area contributed by atoms with Gasteiger partial charge in [-0.1, -0.05) is 23.7 Å². The van der Waals surface area contributed by atoms with Crippen molar-refractivity contribution in [1.82, 2.24) is 29.2 Å². The van der Waals surface area contributed by atoms with Crippen LogP contribution in [0.4, 0.5) is 5.82 Å². The fourth-order valence-corrected chi connectivity index (χ4v) is 5.49. The summed E-state index contributed by atoms with van der Waals surface area (Å²) >= 11 is 12.6. The molecule has 0 spiro atoms. The van der Waals surface area contributed by atoms with Gasteiger partial charge in [-0.15, -0.1) is 0 Å². The van der Waals surface area contributed by atoms with Gasteiger partial charge in [-0.05, 0) is 48.9 Å². The number of halogens is 2. The molecular weight excluding hydrogens is 513 g/mol. The summed E-state index contributed by atoms with van der Waals surface area (Å²) in [4.78, 5) is 20.4. The lowest BCUT2D eigenvalue weighted by Crippen LogP contribution is -2.41. The number of ether oxygens (including phenoxy) is 1. The lowest BCUT2D eigenvalue weighted by Gasteiger charge is -2.30. The molecule has 0 radical (unpaired) electrons. The van der Waals surface area contributed by atoms with Crippen molar-refractivity contribution in [3.05, 3.63) is 46.6 Å². The monoisotopic (exact) mass is 535 g/mol. The fraction of sp³-hybridized carbons (Fsp3) is 0.364. The molecule has 10 nitrogen and oxygen atoms in total. The van der Waals surface area contributed by atoms with Gasteiger partial charge in [0.15, 0.2) is 11.5 Å². The molecule has 3 aromatic heterocycles. The molecule has 1 aliphatic rings. The largest absolute Gasteiger partial charge is 0.474 e. The Kier molecular flexibility index (Phi) is 6.43. The van der Waals surface area contributed by atoms with Crippen LogP contribution in [-0.2, 0) is 10.0 Å². The third-order valence-corrected chi connectivity index (χ3v) is 7.78. The molecule has 4 heterocycles. The summed E-state index contributed by atoms with van der Waals surface area (Å²) in [7, 11) is -3.22. The minimum atomic E-state index is -3.22. The molecule has 13 heteroatoms. The predicted octanol–water partition coefficient (Wildman–Crippen LogP) is 4.18. The molecule has 1 aromatic carbocycles. The molecule has 0 amide bonds. The van der Waals surface area contributed by atoms with Gasteiger partial charge in [-0.3, -0.25) is 0 Å². The van der Waals surface area contributed by atoms with E-state index < -0.39 is 10.0 Å². The molecule has 0 bridgehead atoms. The van der Waals surface area contributed by atoms with Crippen molar-refractivity contribution >= 4 is 61.0 Å². The number of rotatable bonds is 6. The number of hydrogen-bond donors (Lipinski definition) is 2. The van der Waals surface area contributed by atoms with Crippen molar-refractivity contribution in [3.8, 4) is 5.88 Å². The van der Waals surface area contributed by atoms with Crippen LogP contribution in [0, 0.1) is 0 Å². The molecule has 35 heavy (non-hydrogen) atoms. The molecule has 0 unspecified atom stereocenters. The van der Waals surface area contributed by atoms with E-state index in [4.69, 9.17) is 32.9 Å². The number of imidazole rings is 1. The van der Waals surface area contributed by atoms with Gasteiger partial charge < -0.3 is 15.0 Å². The number of aromatic nitrogens is 5. The second-order valence-corrected chi connectivity index (χ2v) is 11.2. The minimum Gasteiger partial charge on any atom is -0.474 e. The highest BCUT2D eigenvalue weighted by atomic mass is 35.5. The van der Waals surface area contributed by atoms with E-state index in [1.165, 1.54) is 16.9 Å². The number of hydrogen-bond acceptors (Lipinski definition) is 8. The summed E-state index contributed by atoms with van der Waals surface area (Å²) in [5.74, 6) is 0.901. The molecule has 0 saturated carbocycles. The molecule has 1 aliphatic heterocycles. The van der Waals surface area contributed by atoms with Crippen LogP contribution in [0.2, 0.25) is 10.3 Å². The Labute approximate surface area is 212 Å². The normalized spacial score (nSPS) is 16.6. The number of H-pyrrole nitrogens is 1. The quantitative estimate of drug-likeness (QED) is 0.352. The Bertz CT molecular complexity index is 1500. The van der Waals surface area contributed by atoms with E-state index in [0.717, 1.165) is 10.8 Å². The summed E-state index contributed by atoms with van der Waals surface area (Å²) in [5, 5.41) is 5.55. The maximum absolute atomic E-state index is 11.9. The van der Waals surface area contributed by atoms with Crippen molar-refractivity contribution < 1.29 is 13.2 Å². The van der Waals surface area contributed by atoms with Crippen molar-refractivity contribution in [2.75, 3.05) is 24.7 Å². The minimum absolute atomic E-state index is 0.0964. The van der Waals surface area contributed by atoms with Crippen molar-refractivity contribution in [1.29, 1.82) is 0 Å². The zero-order valence-corrected chi connectivity index (χ0v) is 21.3. The number of fused-ring (bicyclic) bond motifs is 2. The summed E-state index contributed by atoms with van der Waals surface area (Å²) in [5.41, 5.74) is 1.81. The molecule has 1 fully saturated rings. The average Bonchev–Trinajstić information content (AvgIpc) is 3.27. The Hall–Kier alpha value is -2.73. The number of nitrogens with zero attached hydrogens (tertiary/aromatic N) is 5. The molecule has 0 aliphatic carbocycles.